The van der Waals surface area contributed by atoms with E-state index in [9.17, 15) is 9.90 Å². The third kappa shape index (κ3) is 3.85. The van der Waals surface area contributed by atoms with Crippen LogP contribution in [0, 0.1) is 0 Å². The smallest absolute Gasteiger partial charge is 0.337 e. The van der Waals surface area contributed by atoms with Crippen molar-refractivity contribution in [2.75, 3.05) is 7.11 Å². The molecule has 1 N–H and O–H groups in total. The van der Waals surface area contributed by atoms with Gasteiger partial charge in [0.15, 0.2) is 0 Å². The first-order valence-corrected chi connectivity index (χ1v) is 7.92. The standard InChI is InChI=1S/C19H23NO4/c1-11(2)18-15(19(21)22)8-9-16(20-18)14-7-6-13(23-5)10-17(14)24-12(3)4/h6-12H,1-5H3,(H,21,22). The van der Waals surface area contributed by atoms with Crippen LogP contribution in [0.2, 0.25) is 0 Å². The Labute approximate surface area is 142 Å². The highest BCUT2D eigenvalue weighted by atomic mass is 16.5. The predicted octanol–water partition coefficient (Wildman–Crippen LogP) is 4.37. The van der Waals surface area contributed by atoms with Crippen molar-refractivity contribution < 1.29 is 19.4 Å². The molecule has 0 aliphatic rings. The van der Waals surface area contributed by atoms with E-state index in [1.807, 2.05) is 45.9 Å². The van der Waals surface area contributed by atoms with Gasteiger partial charge in [0.2, 0.25) is 0 Å². The van der Waals surface area contributed by atoms with E-state index in [2.05, 4.69) is 4.98 Å². The molecule has 2 rings (SSSR count). The van der Waals surface area contributed by atoms with Gasteiger partial charge in [-0.2, -0.15) is 0 Å². The van der Waals surface area contributed by atoms with Crippen LogP contribution < -0.4 is 9.47 Å². The molecule has 0 aliphatic heterocycles. The molecule has 2 aromatic rings. The van der Waals surface area contributed by atoms with Crippen molar-refractivity contribution in [2.45, 2.75) is 39.7 Å². The lowest BCUT2D eigenvalue weighted by Crippen LogP contribution is -2.09. The molecule has 24 heavy (non-hydrogen) atoms. The molecule has 5 heteroatoms. The molecule has 0 radical (unpaired) electrons. The summed E-state index contributed by atoms with van der Waals surface area (Å²) >= 11 is 0. The first kappa shape index (κ1) is 17.8. The van der Waals surface area contributed by atoms with E-state index < -0.39 is 5.97 Å². The molecule has 0 atom stereocenters. The third-order valence-electron chi connectivity index (χ3n) is 3.53. The van der Waals surface area contributed by atoms with Gasteiger partial charge < -0.3 is 14.6 Å². The van der Waals surface area contributed by atoms with Gasteiger partial charge in [0.05, 0.1) is 30.2 Å². The fraction of sp³-hybridized carbons (Fsp3) is 0.368. The van der Waals surface area contributed by atoms with Gasteiger partial charge in [-0.25, -0.2) is 4.79 Å². The minimum absolute atomic E-state index is 0.00119. The van der Waals surface area contributed by atoms with Crippen molar-refractivity contribution in [3.8, 4) is 22.8 Å². The van der Waals surface area contributed by atoms with Crippen LogP contribution in [-0.2, 0) is 0 Å². The summed E-state index contributed by atoms with van der Waals surface area (Å²) in [6.45, 7) is 7.75. The van der Waals surface area contributed by atoms with Gasteiger partial charge in [-0.15, -0.1) is 0 Å². The summed E-state index contributed by atoms with van der Waals surface area (Å²) in [5, 5.41) is 9.34. The van der Waals surface area contributed by atoms with Crippen molar-refractivity contribution in [2.24, 2.45) is 0 Å². The van der Waals surface area contributed by atoms with Crippen molar-refractivity contribution in [3.05, 3.63) is 41.6 Å². The Kier molecular flexibility index (Phi) is 5.44. The molecule has 0 saturated heterocycles. The minimum Gasteiger partial charge on any atom is -0.497 e. The lowest BCUT2D eigenvalue weighted by molar-refractivity contribution is 0.0694. The summed E-state index contributed by atoms with van der Waals surface area (Å²) in [4.78, 5) is 16.0. The van der Waals surface area contributed by atoms with Crippen molar-refractivity contribution in [1.82, 2.24) is 4.98 Å². The molecule has 0 aliphatic carbocycles. The lowest BCUT2D eigenvalue weighted by Gasteiger charge is -2.17. The third-order valence-corrected chi connectivity index (χ3v) is 3.53. The molecule has 1 aromatic heterocycles. The largest absolute Gasteiger partial charge is 0.497 e. The summed E-state index contributed by atoms with van der Waals surface area (Å²) in [6.07, 6.45) is -0.00119. The number of rotatable bonds is 6. The van der Waals surface area contributed by atoms with E-state index in [4.69, 9.17) is 9.47 Å². The maximum absolute atomic E-state index is 11.4. The molecule has 0 bridgehead atoms. The molecule has 1 heterocycles. The maximum Gasteiger partial charge on any atom is 0.337 e. The molecular formula is C19H23NO4. The molecular weight excluding hydrogens is 306 g/mol. The van der Waals surface area contributed by atoms with E-state index in [0.29, 0.717) is 22.9 Å². The SMILES string of the molecule is COc1ccc(-c2ccc(C(=O)O)c(C(C)C)n2)c(OC(C)C)c1. The van der Waals surface area contributed by atoms with Crippen LogP contribution in [0.4, 0.5) is 0 Å². The van der Waals surface area contributed by atoms with Gasteiger partial charge in [-0.1, -0.05) is 13.8 Å². The zero-order valence-electron chi connectivity index (χ0n) is 14.7. The number of ether oxygens (including phenoxy) is 2. The number of carbonyl (C=O) groups is 1. The quantitative estimate of drug-likeness (QED) is 0.852. The fourth-order valence-electron chi connectivity index (χ4n) is 2.44. The van der Waals surface area contributed by atoms with Crippen LogP contribution in [-0.4, -0.2) is 29.3 Å². The highest BCUT2D eigenvalue weighted by Crippen LogP contribution is 2.34. The van der Waals surface area contributed by atoms with E-state index in [1.54, 1.807) is 19.2 Å². The Balaban J connectivity index is 2.58. The summed E-state index contributed by atoms with van der Waals surface area (Å²) in [5.74, 6) is 0.394. The molecule has 5 nitrogen and oxygen atoms in total. The van der Waals surface area contributed by atoms with Gasteiger partial charge in [-0.3, -0.25) is 4.98 Å². The van der Waals surface area contributed by atoms with Crippen LogP contribution in [0.1, 0.15) is 49.7 Å². The van der Waals surface area contributed by atoms with Crippen LogP contribution >= 0.6 is 0 Å². The monoisotopic (exact) mass is 329 g/mol. The molecule has 0 spiro atoms. The number of aromatic carboxylic acids is 1. The number of hydrogen-bond acceptors (Lipinski definition) is 4. The predicted molar refractivity (Wildman–Crippen MR) is 93.0 cm³/mol. The average Bonchev–Trinajstić information content (AvgIpc) is 2.53. The Hall–Kier alpha value is -2.56. The Morgan fingerprint density at radius 3 is 2.38 bits per heavy atom. The minimum atomic E-state index is -0.967. The summed E-state index contributed by atoms with van der Waals surface area (Å²) < 4.78 is 11.1. The molecule has 0 unspecified atom stereocenters. The maximum atomic E-state index is 11.4. The number of benzene rings is 1. The number of hydrogen-bond donors (Lipinski definition) is 1. The average molecular weight is 329 g/mol. The van der Waals surface area contributed by atoms with Gasteiger partial charge in [0.25, 0.3) is 0 Å². The Bertz CT molecular complexity index is 738. The summed E-state index contributed by atoms with van der Waals surface area (Å²) in [6, 6.07) is 8.85. The second-order valence-electron chi connectivity index (χ2n) is 6.12. The van der Waals surface area contributed by atoms with Gasteiger partial charge >= 0.3 is 5.97 Å². The van der Waals surface area contributed by atoms with E-state index >= 15 is 0 Å². The molecule has 128 valence electrons. The number of methoxy groups -OCH3 is 1. The van der Waals surface area contributed by atoms with Gasteiger partial charge in [0.1, 0.15) is 11.5 Å². The number of aromatic nitrogens is 1. The summed E-state index contributed by atoms with van der Waals surface area (Å²) in [7, 11) is 1.60. The second-order valence-corrected chi connectivity index (χ2v) is 6.12. The second kappa shape index (κ2) is 7.34. The summed E-state index contributed by atoms with van der Waals surface area (Å²) in [5.41, 5.74) is 2.28. The zero-order chi connectivity index (χ0) is 17.9. The highest BCUT2D eigenvalue weighted by Gasteiger charge is 2.18. The van der Waals surface area contributed by atoms with E-state index in [-0.39, 0.29) is 17.6 Å². The number of carboxylic acids is 1. The highest BCUT2D eigenvalue weighted by molar-refractivity contribution is 5.89. The van der Waals surface area contributed by atoms with Gasteiger partial charge in [0, 0.05) is 11.6 Å². The topological polar surface area (TPSA) is 68.7 Å². The molecule has 0 saturated carbocycles. The Morgan fingerprint density at radius 2 is 1.83 bits per heavy atom. The fourth-order valence-corrected chi connectivity index (χ4v) is 2.44. The van der Waals surface area contributed by atoms with Crippen LogP contribution in [0.3, 0.4) is 0 Å². The number of nitrogens with zero attached hydrogens (tertiary/aromatic N) is 1. The lowest BCUT2D eigenvalue weighted by atomic mass is 10.0. The first-order valence-electron chi connectivity index (χ1n) is 7.92. The van der Waals surface area contributed by atoms with Crippen molar-refractivity contribution >= 4 is 5.97 Å². The molecule has 1 aromatic carbocycles. The Morgan fingerprint density at radius 1 is 1.12 bits per heavy atom. The first-order chi connectivity index (χ1) is 11.3. The van der Waals surface area contributed by atoms with Crippen molar-refractivity contribution in [3.63, 3.8) is 0 Å². The van der Waals surface area contributed by atoms with Crippen molar-refractivity contribution in [1.29, 1.82) is 0 Å². The van der Waals surface area contributed by atoms with E-state index in [1.165, 1.54) is 0 Å². The van der Waals surface area contributed by atoms with Crippen LogP contribution in [0.15, 0.2) is 30.3 Å². The number of pyridine rings is 1. The zero-order valence-corrected chi connectivity index (χ0v) is 14.7. The van der Waals surface area contributed by atoms with Gasteiger partial charge in [-0.05, 0) is 44.0 Å². The molecule has 0 fully saturated rings. The van der Waals surface area contributed by atoms with Crippen LogP contribution in [0.5, 0.6) is 11.5 Å². The molecule has 0 amide bonds. The van der Waals surface area contributed by atoms with E-state index in [0.717, 1.165) is 5.56 Å². The number of carboxylic acid groups (broad SMARTS) is 1. The normalized spacial score (nSPS) is 11.0. The van der Waals surface area contributed by atoms with Crippen LogP contribution in [0.25, 0.3) is 11.3 Å².